The van der Waals surface area contributed by atoms with E-state index in [2.05, 4.69) is 9.97 Å². The zero-order valence-electron chi connectivity index (χ0n) is 10.4. The van der Waals surface area contributed by atoms with Crippen LogP contribution in [-0.4, -0.2) is 34.8 Å². The summed E-state index contributed by atoms with van der Waals surface area (Å²) in [5.41, 5.74) is -0.915. The van der Waals surface area contributed by atoms with Crippen molar-refractivity contribution in [3.05, 3.63) is 18.0 Å². The monoisotopic (exact) mass is 275 g/mol. The SMILES string of the molecule is OCCC1CCCN(c2nccc(C(F)(F)F)n2)C1. The van der Waals surface area contributed by atoms with Gasteiger partial charge in [-0.3, -0.25) is 0 Å². The Hall–Kier alpha value is -1.37. The quantitative estimate of drug-likeness (QED) is 0.917. The van der Waals surface area contributed by atoms with Crippen molar-refractivity contribution >= 4 is 5.95 Å². The molecule has 0 radical (unpaired) electrons. The van der Waals surface area contributed by atoms with Gasteiger partial charge in [0.2, 0.25) is 5.95 Å². The van der Waals surface area contributed by atoms with Crippen molar-refractivity contribution in [2.45, 2.75) is 25.4 Å². The first-order chi connectivity index (χ1) is 9.00. The summed E-state index contributed by atoms with van der Waals surface area (Å²) < 4.78 is 37.8. The van der Waals surface area contributed by atoms with Crippen LogP contribution in [0.4, 0.5) is 19.1 Å². The fraction of sp³-hybridized carbons (Fsp3) is 0.667. The minimum absolute atomic E-state index is 0.0992. The van der Waals surface area contributed by atoms with Gasteiger partial charge in [0.1, 0.15) is 5.69 Å². The largest absolute Gasteiger partial charge is 0.433 e. The summed E-state index contributed by atoms with van der Waals surface area (Å²) in [5.74, 6) is 0.411. The number of aliphatic hydroxyl groups excluding tert-OH is 1. The molecule has 0 aromatic carbocycles. The minimum atomic E-state index is -4.45. The molecule has 2 rings (SSSR count). The van der Waals surface area contributed by atoms with Crippen LogP contribution in [0.1, 0.15) is 25.0 Å². The van der Waals surface area contributed by atoms with Crippen molar-refractivity contribution in [3.63, 3.8) is 0 Å². The second-order valence-corrected chi connectivity index (χ2v) is 4.71. The Morgan fingerprint density at radius 1 is 1.42 bits per heavy atom. The average molecular weight is 275 g/mol. The summed E-state index contributed by atoms with van der Waals surface area (Å²) in [6.45, 7) is 1.35. The van der Waals surface area contributed by atoms with Gasteiger partial charge in [0.15, 0.2) is 0 Å². The molecule has 0 spiro atoms. The van der Waals surface area contributed by atoms with E-state index in [4.69, 9.17) is 5.11 Å². The maximum absolute atomic E-state index is 12.6. The highest BCUT2D eigenvalue weighted by atomic mass is 19.4. The summed E-state index contributed by atoms with van der Waals surface area (Å²) in [6, 6.07) is 0.874. The highest BCUT2D eigenvalue weighted by Crippen LogP contribution is 2.29. The van der Waals surface area contributed by atoms with Crippen LogP contribution in [0.2, 0.25) is 0 Å². The number of alkyl halides is 3. The van der Waals surface area contributed by atoms with Crippen LogP contribution in [-0.2, 0) is 6.18 Å². The predicted octanol–water partition coefficient (Wildman–Crippen LogP) is 2.09. The first-order valence-electron chi connectivity index (χ1n) is 6.27. The molecule has 1 aliphatic rings. The fourth-order valence-corrected chi connectivity index (χ4v) is 2.32. The number of halogens is 3. The summed E-state index contributed by atoms with van der Waals surface area (Å²) in [4.78, 5) is 9.28. The molecule has 4 nitrogen and oxygen atoms in total. The van der Waals surface area contributed by atoms with Crippen LogP contribution in [0, 0.1) is 5.92 Å². The molecule has 7 heteroatoms. The van der Waals surface area contributed by atoms with Crippen LogP contribution in [0.3, 0.4) is 0 Å². The minimum Gasteiger partial charge on any atom is -0.396 e. The molecule has 1 N–H and O–H groups in total. The standard InChI is InChI=1S/C12H16F3N3O/c13-12(14,15)10-3-5-16-11(17-10)18-6-1-2-9(8-18)4-7-19/h3,5,9,19H,1-2,4,6-8H2. The van der Waals surface area contributed by atoms with E-state index in [1.807, 2.05) is 0 Å². The number of piperidine rings is 1. The van der Waals surface area contributed by atoms with E-state index in [1.54, 1.807) is 4.90 Å². The van der Waals surface area contributed by atoms with Gasteiger partial charge in [-0.1, -0.05) is 0 Å². The van der Waals surface area contributed by atoms with Crippen molar-refractivity contribution in [2.24, 2.45) is 5.92 Å². The lowest BCUT2D eigenvalue weighted by atomic mass is 9.95. The molecule has 1 aromatic heterocycles. The Labute approximate surface area is 109 Å². The number of aromatic nitrogens is 2. The molecule has 0 bridgehead atoms. The van der Waals surface area contributed by atoms with E-state index in [0.717, 1.165) is 25.1 Å². The lowest BCUT2D eigenvalue weighted by molar-refractivity contribution is -0.141. The van der Waals surface area contributed by atoms with E-state index >= 15 is 0 Å². The lowest BCUT2D eigenvalue weighted by Crippen LogP contribution is -2.37. The Bertz CT molecular complexity index is 423. The predicted molar refractivity (Wildman–Crippen MR) is 63.7 cm³/mol. The first kappa shape index (κ1) is 14.0. The van der Waals surface area contributed by atoms with Crippen LogP contribution >= 0.6 is 0 Å². The van der Waals surface area contributed by atoms with E-state index in [-0.39, 0.29) is 18.5 Å². The maximum atomic E-state index is 12.6. The third kappa shape index (κ3) is 3.56. The van der Waals surface area contributed by atoms with Gasteiger partial charge in [0.25, 0.3) is 0 Å². The number of nitrogens with zero attached hydrogens (tertiary/aromatic N) is 3. The summed E-state index contributed by atoms with van der Waals surface area (Å²) in [6.07, 6.45) is -0.783. The molecule has 1 unspecified atom stereocenters. The van der Waals surface area contributed by atoms with E-state index in [0.29, 0.717) is 19.5 Å². The average Bonchev–Trinajstić information content (AvgIpc) is 2.39. The molecule has 2 heterocycles. The molecule has 0 saturated carbocycles. The molecule has 19 heavy (non-hydrogen) atoms. The van der Waals surface area contributed by atoms with Crippen molar-refractivity contribution in [1.29, 1.82) is 0 Å². The topological polar surface area (TPSA) is 49.2 Å². The molecule has 1 fully saturated rings. The smallest absolute Gasteiger partial charge is 0.396 e. The molecule has 1 aliphatic heterocycles. The number of anilines is 1. The second-order valence-electron chi connectivity index (χ2n) is 4.71. The van der Waals surface area contributed by atoms with Crippen LogP contribution in [0.25, 0.3) is 0 Å². The van der Waals surface area contributed by atoms with E-state index in [9.17, 15) is 13.2 Å². The normalized spacial score (nSPS) is 20.6. The molecule has 1 atom stereocenters. The fourth-order valence-electron chi connectivity index (χ4n) is 2.32. The van der Waals surface area contributed by atoms with Crippen LogP contribution in [0.5, 0.6) is 0 Å². The van der Waals surface area contributed by atoms with Gasteiger partial charge >= 0.3 is 6.18 Å². The van der Waals surface area contributed by atoms with Crippen LogP contribution < -0.4 is 4.90 Å². The van der Waals surface area contributed by atoms with Gasteiger partial charge in [-0.25, -0.2) is 9.97 Å². The summed E-state index contributed by atoms with van der Waals surface area (Å²) in [5, 5.41) is 8.93. The highest BCUT2D eigenvalue weighted by molar-refractivity contribution is 5.31. The van der Waals surface area contributed by atoms with Gasteiger partial charge in [0, 0.05) is 25.9 Å². The highest BCUT2D eigenvalue weighted by Gasteiger charge is 2.33. The van der Waals surface area contributed by atoms with E-state index in [1.165, 1.54) is 0 Å². The molecule has 0 amide bonds. The van der Waals surface area contributed by atoms with Gasteiger partial charge in [-0.15, -0.1) is 0 Å². The van der Waals surface area contributed by atoms with Crippen LogP contribution in [0.15, 0.2) is 12.3 Å². The third-order valence-electron chi connectivity index (χ3n) is 3.27. The number of hydrogen-bond donors (Lipinski definition) is 1. The molecule has 0 aliphatic carbocycles. The Morgan fingerprint density at radius 3 is 2.89 bits per heavy atom. The van der Waals surface area contributed by atoms with Gasteiger partial charge in [-0.2, -0.15) is 13.2 Å². The van der Waals surface area contributed by atoms with Crippen molar-refractivity contribution in [2.75, 3.05) is 24.6 Å². The number of aliphatic hydroxyl groups is 1. The Morgan fingerprint density at radius 2 is 2.21 bits per heavy atom. The maximum Gasteiger partial charge on any atom is 0.433 e. The van der Waals surface area contributed by atoms with Crippen molar-refractivity contribution in [1.82, 2.24) is 9.97 Å². The Balaban J connectivity index is 2.13. The second kappa shape index (κ2) is 5.73. The molecule has 1 aromatic rings. The number of rotatable bonds is 3. The third-order valence-corrected chi connectivity index (χ3v) is 3.27. The van der Waals surface area contributed by atoms with Crippen molar-refractivity contribution in [3.8, 4) is 0 Å². The van der Waals surface area contributed by atoms with E-state index < -0.39 is 11.9 Å². The van der Waals surface area contributed by atoms with Gasteiger partial charge in [-0.05, 0) is 31.2 Å². The molecular formula is C12H16F3N3O. The Kier molecular flexibility index (Phi) is 4.24. The molecule has 106 valence electrons. The molecular weight excluding hydrogens is 259 g/mol. The number of hydrogen-bond acceptors (Lipinski definition) is 4. The zero-order chi connectivity index (χ0) is 13.9. The first-order valence-corrected chi connectivity index (χ1v) is 6.27. The van der Waals surface area contributed by atoms with Gasteiger partial charge in [0.05, 0.1) is 0 Å². The summed E-state index contributed by atoms with van der Waals surface area (Å²) >= 11 is 0. The lowest BCUT2D eigenvalue weighted by Gasteiger charge is -2.32. The zero-order valence-corrected chi connectivity index (χ0v) is 10.4. The van der Waals surface area contributed by atoms with Gasteiger partial charge < -0.3 is 10.0 Å². The summed E-state index contributed by atoms with van der Waals surface area (Å²) in [7, 11) is 0. The molecule has 1 saturated heterocycles. The van der Waals surface area contributed by atoms with Crippen molar-refractivity contribution < 1.29 is 18.3 Å².